The molecule has 1 aromatic carbocycles. The van der Waals surface area contributed by atoms with Gasteiger partial charge in [0.05, 0.1) is 48.6 Å². The molecule has 3 heterocycles. The van der Waals surface area contributed by atoms with Crippen molar-refractivity contribution in [2.24, 2.45) is 40.4 Å². The van der Waals surface area contributed by atoms with E-state index in [-0.39, 0.29) is 54.1 Å². The Balaban J connectivity index is 1.01. The third-order valence-corrected chi connectivity index (χ3v) is 14.4. The van der Waals surface area contributed by atoms with Gasteiger partial charge in [0.15, 0.2) is 6.29 Å². The minimum absolute atomic E-state index is 0.0384. The van der Waals surface area contributed by atoms with Gasteiger partial charge in [-0.25, -0.2) is 9.48 Å². The van der Waals surface area contributed by atoms with Crippen LogP contribution in [-0.2, 0) is 19.1 Å². The number of aromatic nitrogens is 3. The molecule has 12 heteroatoms. The first-order valence-corrected chi connectivity index (χ1v) is 18.0. The second kappa shape index (κ2) is 11.7. The highest BCUT2D eigenvalue weighted by atomic mass is 16.6. The summed E-state index contributed by atoms with van der Waals surface area (Å²) >= 11 is 0. The van der Waals surface area contributed by atoms with E-state index in [1.807, 2.05) is 13.8 Å². The fraction of sp³-hybridized carbons (Fsp3) is 0.658. The van der Waals surface area contributed by atoms with Crippen LogP contribution in [0.5, 0.6) is 17.4 Å². The van der Waals surface area contributed by atoms with E-state index in [4.69, 9.17) is 18.9 Å². The molecule has 4 aliphatic carbocycles. The van der Waals surface area contributed by atoms with Gasteiger partial charge in [-0.05, 0) is 99.2 Å². The molecule has 2 N–H and O–H groups in total. The lowest BCUT2D eigenvalue weighted by Crippen LogP contribution is -2.67. The zero-order chi connectivity index (χ0) is 35.3. The highest BCUT2D eigenvalue weighted by Gasteiger charge is 2.82. The molecule has 268 valence electrons. The summed E-state index contributed by atoms with van der Waals surface area (Å²) in [7, 11) is 1.52. The van der Waals surface area contributed by atoms with Crippen molar-refractivity contribution in [1.29, 1.82) is 0 Å². The molecule has 50 heavy (non-hydrogen) atoms. The molecule has 1 aromatic heterocycles. The van der Waals surface area contributed by atoms with Gasteiger partial charge in [0.2, 0.25) is 0 Å². The van der Waals surface area contributed by atoms with E-state index in [0.29, 0.717) is 53.1 Å². The standard InChI is InChI=1S/C38H47N3O9/c1-19-12-30(49-35(46)24(19)18-43)20(2)25-7-8-26-23-14-32-38(50-32)34(45)28(15-31(44)37(38,4)27(23)10-11-36(25,26)3)41-16-33(39-40-41)48-29-9-6-22(47-5)13-21(29)17-42/h6,9,13,16-17,20,23,25-28,30,32,34,43,45H,7-8,10-12,14-15,18H2,1-5H3/t20-,23-,25+,26-,27-,28-,30+,32+,34-,36+,37-,38-/m0/s1. The van der Waals surface area contributed by atoms with Crippen LogP contribution in [0, 0.1) is 40.4 Å². The van der Waals surface area contributed by atoms with Crippen LogP contribution < -0.4 is 9.47 Å². The molecule has 8 rings (SSSR count). The number of carbonyl (C=O) groups excluding carboxylic acids is 3. The minimum Gasteiger partial charge on any atom is -0.497 e. The molecule has 0 amide bonds. The van der Waals surface area contributed by atoms with Crippen LogP contribution in [0.2, 0.25) is 0 Å². The Kier molecular flexibility index (Phi) is 7.85. The number of benzene rings is 1. The summed E-state index contributed by atoms with van der Waals surface area (Å²) in [5.41, 5.74) is -0.181. The highest BCUT2D eigenvalue weighted by molar-refractivity contribution is 5.90. The molecular formula is C38H47N3O9. The van der Waals surface area contributed by atoms with Gasteiger partial charge in [-0.15, -0.1) is 0 Å². The summed E-state index contributed by atoms with van der Waals surface area (Å²) in [6.45, 7) is 8.30. The number of cyclic esters (lactones) is 1. The summed E-state index contributed by atoms with van der Waals surface area (Å²) in [4.78, 5) is 38.8. The average Bonchev–Trinajstić information content (AvgIpc) is 3.47. The number of aliphatic hydroxyl groups is 2. The van der Waals surface area contributed by atoms with Gasteiger partial charge in [-0.3, -0.25) is 9.59 Å². The number of nitrogens with zero attached hydrogens (tertiary/aromatic N) is 3. The number of aldehydes is 1. The number of fused-ring (bicyclic) bond motifs is 4. The molecule has 4 saturated carbocycles. The molecule has 0 radical (unpaired) electrons. The van der Waals surface area contributed by atoms with Crippen LogP contribution in [-0.4, -0.2) is 80.9 Å². The first kappa shape index (κ1) is 33.5. The lowest BCUT2D eigenvalue weighted by Gasteiger charge is -2.59. The van der Waals surface area contributed by atoms with Gasteiger partial charge in [0, 0.05) is 12.8 Å². The van der Waals surface area contributed by atoms with Gasteiger partial charge in [0.25, 0.3) is 5.88 Å². The molecule has 5 fully saturated rings. The number of rotatable bonds is 8. The number of carbonyl (C=O) groups is 3. The molecule has 1 spiro atoms. The van der Waals surface area contributed by atoms with E-state index in [1.54, 1.807) is 24.4 Å². The van der Waals surface area contributed by atoms with Gasteiger partial charge in [-0.2, -0.15) is 0 Å². The second-order valence-electron chi connectivity index (χ2n) is 16.2. The van der Waals surface area contributed by atoms with Crippen molar-refractivity contribution in [3.8, 4) is 17.4 Å². The quantitative estimate of drug-likeness (QED) is 0.226. The van der Waals surface area contributed by atoms with E-state index in [2.05, 4.69) is 24.2 Å². The Morgan fingerprint density at radius 3 is 2.68 bits per heavy atom. The van der Waals surface area contributed by atoms with Gasteiger partial charge >= 0.3 is 5.97 Å². The van der Waals surface area contributed by atoms with Crippen LogP contribution in [0.15, 0.2) is 35.5 Å². The zero-order valence-electron chi connectivity index (χ0n) is 29.3. The molecule has 1 saturated heterocycles. The maximum absolute atomic E-state index is 14.5. The van der Waals surface area contributed by atoms with Crippen molar-refractivity contribution in [2.45, 2.75) is 103 Å². The fourth-order valence-corrected chi connectivity index (χ4v) is 11.7. The highest BCUT2D eigenvalue weighted by Crippen LogP contribution is 2.74. The molecule has 12 atom stereocenters. The van der Waals surface area contributed by atoms with Crippen molar-refractivity contribution in [2.75, 3.05) is 13.7 Å². The first-order chi connectivity index (χ1) is 23.9. The van der Waals surface area contributed by atoms with E-state index < -0.39 is 29.1 Å². The molecule has 0 bridgehead atoms. The predicted octanol–water partition coefficient (Wildman–Crippen LogP) is 4.63. The monoisotopic (exact) mass is 689 g/mol. The van der Waals surface area contributed by atoms with Gasteiger partial charge in [0.1, 0.15) is 35.1 Å². The van der Waals surface area contributed by atoms with Crippen LogP contribution in [0.4, 0.5) is 0 Å². The van der Waals surface area contributed by atoms with E-state index >= 15 is 0 Å². The lowest BCUT2D eigenvalue weighted by molar-refractivity contribution is -0.172. The second-order valence-corrected chi connectivity index (χ2v) is 16.2. The average molecular weight is 690 g/mol. The fourth-order valence-electron chi connectivity index (χ4n) is 11.7. The largest absolute Gasteiger partial charge is 0.497 e. The Hall–Kier alpha value is -3.61. The van der Waals surface area contributed by atoms with E-state index in [0.717, 1.165) is 37.7 Å². The number of ketones is 1. The summed E-state index contributed by atoms with van der Waals surface area (Å²) in [6, 6.07) is 4.19. The third-order valence-electron chi connectivity index (χ3n) is 14.4. The van der Waals surface area contributed by atoms with Crippen LogP contribution in [0.25, 0.3) is 0 Å². The number of Topliss-reactive ketones (excluding diaryl/α,β-unsaturated/α-hetero) is 1. The first-order valence-electron chi connectivity index (χ1n) is 18.0. The normalized spacial score (nSPS) is 40.9. The van der Waals surface area contributed by atoms with Crippen LogP contribution >= 0.6 is 0 Å². The van der Waals surface area contributed by atoms with Gasteiger partial charge < -0.3 is 29.2 Å². The molecule has 2 aliphatic heterocycles. The summed E-state index contributed by atoms with van der Waals surface area (Å²) in [5, 5.41) is 30.1. The van der Waals surface area contributed by atoms with E-state index in [1.165, 1.54) is 11.8 Å². The van der Waals surface area contributed by atoms with Crippen molar-refractivity contribution in [3.05, 3.63) is 41.1 Å². The maximum atomic E-state index is 14.5. The molecule has 6 aliphatic rings. The summed E-state index contributed by atoms with van der Waals surface area (Å²) in [6.07, 6.45) is 6.31. The number of hydrogen-bond acceptors (Lipinski definition) is 11. The SMILES string of the molecule is COc1ccc(Oc2cn([C@H]3CC(=O)[C@]4(C)[C@H]5CC[C@]6(C)[C@@H]([C@H](C)[C@H]7CC(C)=C(CO)C(=O)O7)CC[C@H]6[C@@H]5C[C@H]5O[C@]54[C@H]3O)nn2)c(C=O)c1. The van der Waals surface area contributed by atoms with Crippen molar-refractivity contribution in [1.82, 2.24) is 15.0 Å². The van der Waals surface area contributed by atoms with Crippen LogP contribution in [0.1, 0.15) is 89.0 Å². The summed E-state index contributed by atoms with van der Waals surface area (Å²) in [5.74, 6) is 1.97. The Labute approximate surface area is 291 Å². The topological polar surface area (TPSA) is 163 Å². The molecule has 12 nitrogen and oxygen atoms in total. The lowest BCUT2D eigenvalue weighted by atomic mass is 9.43. The van der Waals surface area contributed by atoms with E-state index in [9.17, 15) is 24.6 Å². The number of esters is 1. The maximum Gasteiger partial charge on any atom is 0.336 e. The zero-order valence-corrected chi connectivity index (χ0v) is 29.3. The van der Waals surface area contributed by atoms with Crippen molar-refractivity contribution in [3.63, 3.8) is 0 Å². The Morgan fingerprint density at radius 2 is 1.96 bits per heavy atom. The smallest absolute Gasteiger partial charge is 0.336 e. The van der Waals surface area contributed by atoms with Crippen molar-refractivity contribution < 1.29 is 43.5 Å². The molecule has 2 aromatic rings. The number of epoxide rings is 1. The molecule has 0 unspecified atom stereocenters. The number of aliphatic hydroxyl groups excluding tert-OH is 2. The minimum atomic E-state index is -0.981. The predicted molar refractivity (Wildman–Crippen MR) is 177 cm³/mol. The number of ether oxygens (including phenoxy) is 4. The van der Waals surface area contributed by atoms with Crippen molar-refractivity contribution >= 4 is 18.0 Å². The third kappa shape index (κ3) is 4.56. The van der Waals surface area contributed by atoms with Crippen LogP contribution in [0.3, 0.4) is 0 Å². The summed E-state index contributed by atoms with van der Waals surface area (Å²) < 4.78 is 25.0. The Bertz CT molecular complexity index is 1770. The number of methoxy groups -OCH3 is 1. The number of hydrogen-bond donors (Lipinski definition) is 2. The Morgan fingerprint density at radius 1 is 1.16 bits per heavy atom. The van der Waals surface area contributed by atoms with Gasteiger partial charge in [-0.1, -0.05) is 29.7 Å². The molecular weight excluding hydrogens is 642 g/mol.